The maximum atomic E-state index is 12.5. The van der Waals surface area contributed by atoms with E-state index in [2.05, 4.69) is 0 Å². The number of nitrogens with one attached hydrogen (secondary N) is 1. The van der Waals surface area contributed by atoms with E-state index < -0.39 is 126 Å². The van der Waals surface area contributed by atoms with Crippen molar-refractivity contribution >= 4 is 29.4 Å². The van der Waals surface area contributed by atoms with E-state index in [0.717, 1.165) is 6.92 Å². The van der Waals surface area contributed by atoms with E-state index >= 15 is 0 Å². The summed E-state index contributed by atoms with van der Waals surface area (Å²) in [6.07, 6.45) is -15.3. The molecular weight excluding hydrogens is 606 g/mol. The zero-order chi connectivity index (χ0) is 34.2. The van der Waals surface area contributed by atoms with Gasteiger partial charge in [0.05, 0.1) is 24.5 Å². The van der Waals surface area contributed by atoms with E-state index in [9.17, 15) is 49.8 Å². The summed E-state index contributed by atoms with van der Waals surface area (Å²) >= 11 is 0. The zero-order valence-electron chi connectivity index (χ0n) is 25.7. The average molecular weight is 648 g/mol. The summed E-state index contributed by atoms with van der Waals surface area (Å²) in [5, 5.41) is 73.6. The standard InChI is InChI=1S/C28H41NO16/c1-10(2)26(37)43-12(4)28(39)11(3)42-17(7-16(28)40-6)45-22-20(32)15(9-41-13(5)30)44-24(21(22)33)27(38)8-14(31)19(29)18(23(27)34)25(35)36/h10-12,15-17,20-22,24,29,32-34,38-39H,7-9H2,1-6H3,(H,35,36). The highest BCUT2D eigenvalue weighted by molar-refractivity contribution is 6.51. The molecule has 0 saturated carbocycles. The minimum absolute atomic E-state index is 0.245. The number of hydrogen-bond donors (Lipinski definition) is 7. The monoisotopic (exact) mass is 647 g/mol. The first-order valence-electron chi connectivity index (χ1n) is 14.2. The van der Waals surface area contributed by atoms with Gasteiger partial charge in [-0.05, 0) is 13.8 Å². The molecule has 0 aromatic heterocycles. The number of aliphatic hydroxyl groups is 5. The number of Topliss-reactive ketones (excluding diaryl/α,β-unsaturated/α-hetero) is 1. The lowest BCUT2D eigenvalue weighted by molar-refractivity contribution is -0.344. The minimum Gasteiger partial charge on any atom is -0.508 e. The molecule has 2 saturated heterocycles. The van der Waals surface area contributed by atoms with Gasteiger partial charge in [-0.2, -0.15) is 0 Å². The third kappa shape index (κ3) is 6.90. The van der Waals surface area contributed by atoms with Crippen LogP contribution in [0.3, 0.4) is 0 Å². The Morgan fingerprint density at radius 2 is 1.73 bits per heavy atom. The number of carboxylic acids is 1. The largest absolute Gasteiger partial charge is 0.508 e. The van der Waals surface area contributed by atoms with Crippen LogP contribution >= 0.6 is 0 Å². The fourth-order valence-electron chi connectivity index (χ4n) is 5.73. The lowest BCUT2D eigenvalue weighted by Crippen LogP contribution is -2.69. The van der Waals surface area contributed by atoms with E-state index in [-0.39, 0.29) is 6.42 Å². The van der Waals surface area contributed by atoms with Gasteiger partial charge in [-0.15, -0.1) is 0 Å². The van der Waals surface area contributed by atoms with Gasteiger partial charge in [0.1, 0.15) is 60.3 Å². The highest BCUT2D eigenvalue weighted by atomic mass is 16.7. The van der Waals surface area contributed by atoms with E-state index in [0.29, 0.717) is 0 Å². The molecular formula is C28H41NO16. The molecule has 45 heavy (non-hydrogen) atoms. The maximum Gasteiger partial charge on any atom is 0.341 e. The minimum atomic E-state index is -2.92. The highest BCUT2D eigenvalue weighted by Crippen LogP contribution is 2.41. The van der Waals surface area contributed by atoms with Crippen molar-refractivity contribution in [2.24, 2.45) is 5.92 Å². The van der Waals surface area contributed by atoms with Crippen molar-refractivity contribution in [1.29, 1.82) is 5.41 Å². The molecule has 3 aliphatic rings. The first-order valence-corrected chi connectivity index (χ1v) is 14.2. The molecule has 0 radical (unpaired) electrons. The Morgan fingerprint density at radius 3 is 2.27 bits per heavy atom. The Kier molecular flexibility index (Phi) is 11.1. The molecule has 2 fully saturated rings. The van der Waals surface area contributed by atoms with Crippen LogP contribution in [-0.2, 0) is 47.6 Å². The van der Waals surface area contributed by atoms with Crippen molar-refractivity contribution in [2.45, 2.75) is 114 Å². The molecule has 2 aliphatic heterocycles. The molecule has 3 rings (SSSR count). The van der Waals surface area contributed by atoms with Gasteiger partial charge >= 0.3 is 17.9 Å². The molecule has 0 aromatic carbocycles. The van der Waals surface area contributed by atoms with Crippen LogP contribution in [-0.4, -0.2) is 140 Å². The first kappa shape index (κ1) is 36.4. The molecule has 7 N–H and O–H groups in total. The van der Waals surface area contributed by atoms with Crippen molar-refractivity contribution in [2.75, 3.05) is 13.7 Å². The number of aliphatic carboxylic acids is 1. The van der Waals surface area contributed by atoms with Crippen LogP contribution in [0.25, 0.3) is 0 Å². The first-order chi connectivity index (χ1) is 20.8. The summed E-state index contributed by atoms with van der Waals surface area (Å²) in [7, 11) is 1.29. The van der Waals surface area contributed by atoms with Crippen molar-refractivity contribution in [3.05, 3.63) is 11.3 Å². The molecule has 1 aliphatic carbocycles. The van der Waals surface area contributed by atoms with Gasteiger partial charge in [0, 0.05) is 20.5 Å². The second-order valence-electron chi connectivity index (χ2n) is 11.7. The summed E-state index contributed by atoms with van der Waals surface area (Å²) in [5.74, 6) is -6.30. The molecule has 254 valence electrons. The molecule has 0 aromatic rings. The fourth-order valence-corrected chi connectivity index (χ4v) is 5.73. The zero-order valence-corrected chi connectivity index (χ0v) is 25.7. The van der Waals surface area contributed by atoms with Crippen molar-refractivity contribution in [3.63, 3.8) is 0 Å². The van der Waals surface area contributed by atoms with Gasteiger partial charge in [0.15, 0.2) is 23.3 Å². The number of carbonyl (C=O) groups excluding carboxylic acids is 3. The van der Waals surface area contributed by atoms with E-state index in [1.165, 1.54) is 21.0 Å². The molecule has 11 atom stereocenters. The second kappa shape index (κ2) is 13.8. The third-order valence-corrected chi connectivity index (χ3v) is 8.37. The number of carbonyl (C=O) groups is 4. The molecule has 2 heterocycles. The fraction of sp³-hybridized carbons (Fsp3) is 0.750. The molecule has 0 amide bonds. The molecule has 0 spiro atoms. The molecule has 17 nitrogen and oxygen atoms in total. The molecule has 11 unspecified atom stereocenters. The number of methoxy groups -OCH3 is 1. The quantitative estimate of drug-likeness (QED) is 0.133. The Labute approximate surface area is 258 Å². The highest BCUT2D eigenvalue weighted by Gasteiger charge is 2.61. The summed E-state index contributed by atoms with van der Waals surface area (Å²) in [5.41, 5.74) is -7.10. The number of rotatable bonds is 10. The maximum absolute atomic E-state index is 12.5. The van der Waals surface area contributed by atoms with Gasteiger partial charge in [-0.1, -0.05) is 13.8 Å². The summed E-state index contributed by atoms with van der Waals surface area (Å²) in [6.45, 7) is 6.55. The summed E-state index contributed by atoms with van der Waals surface area (Å²) < 4.78 is 33.2. The van der Waals surface area contributed by atoms with Crippen LogP contribution in [0.1, 0.15) is 47.5 Å². The van der Waals surface area contributed by atoms with Gasteiger partial charge < -0.3 is 59.1 Å². The van der Waals surface area contributed by atoms with E-state index in [1.807, 2.05) is 0 Å². The van der Waals surface area contributed by atoms with Crippen molar-refractivity contribution in [1.82, 2.24) is 0 Å². The smallest absolute Gasteiger partial charge is 0.341 e. The number of aliphatic hydroxyl groups excluding tert-OH is 3. The van der Waals surface area contributed by atoms with Crippen LogP contribution in [0, 0.1) is 11.3 Å². The predicted octanol–water partition coefficient (Wildman–Crippen LogP) is -1.49. The number of ether oxygens (including phenoxy) is 6. The van der Waals surface area contributed by atoms with E-state index in [4.69, 9.17) is 33.8 Å². The molecule has 17 heteroatoms. The number of hydrogen-bond acceptors (Lipinski definition) is 16. The summed E-state index contributed by atoms with van der Waals surface area (Å²) in [4.78, 5) is 48.0. The predicted molar refractivity (Wildman–Crippen MR) is 147 cm³/mol. The number of ketones is 1. The number of esters is 2. The average Bonchev–Trinajstić information content (AvgIpc) is 2.95. The summed E-state index contributed by atoms with van der Waals surface area (Å²) in [6, 6.07) is 0. The number of carboxylic acid groups (broad SMARTS) is 1. The van der Waals surface area contributed by atoms with Crippen molar-refractivity contribution in [3.8, 4) is 0 Å². The third-order valence-electron chi connectivity index (χ3n) is 8.37. The Balaban J connectivity index is 1.96. The van der Waals surface area contributed by atoms with Gasteiger partial charge in [0.25, 0.3) is 0 Å². The van der Waals surface area contributed by atoms with E-state index in [1.54, 1.807) is 13.8 Å². The Morgan fingerprint density at radius 1 is 1.11 bits per heavy atom. The lowest BCUT2D eigenvalue weighted by atomic mass is 9.74. The second-order valence-corrected chi connectivity index (χ2v) is 11.7. The normalized spacial score (nSPS) is 38.2. The SMILES string of the molecule is COC1CC(OC2C(O)C(COC(C)=O)OC(C3(O)CC(=O)C(=N)C(C(=O)O)=C3O)C2O)OC(C)C1(O)C(C)OC(=O)C(C)C. The van der Waals surface area contributed by atoms with Crippen LogP contribution in [0.5, 0.6) is 0 Å². The van der Waals surface area contributed by atoms with Gasteiger partial charge in [0.2, 0.25) is 0 Å². The van der Waals surface area contributed by atoms with Crippen LogP contribution < -0.4 is 0 Å². The van der Waals surface area contributed by atoms with Gasteiger partial charge in [-0.3, -0.25) is 19.8 Å². The van der Waals surface area contributed by atoms with Gasteiger partial charge in [-0.25, -0.2) is 4.79 Å². The molecule has 0 bridgehead atoms. The van der Waals surface area contributed by atoms with Crippen LogP contribution in [0.15, 0.2) is 11.3 Å². The van der Waals surface area contributed by atoms with Crippen molar-refractivity contribution < 1.29 is 78.2 Å². The lowest BCUT2D eigenvalue weighted by Gasteiger charge is -2.51. The Hall–Kier alpha value is -3.03. The topological polar surface area (TPSA) is 269 Å². The Bertz CT molecular complexity index is 1220. The van der Waals surface area contributed by atoms with Crippen LogP contribution in [0.2, 0.25) is 0 Å². The van der Waals surface area contributed by atoms with Crippen LogP contribution in [0.4, 0.5) is 0 Å².